The number of hydrogen-bond acceptors (Lipinski definition) is 3. The second-order valence-corrected chi connectivity index (χ2v) is 7.59. The predicted molar refractivity (Wildman–Crippen MR) is 111 cm³/mol. The van der Waals surface area contributed by atoms with Crippen LogP contribution in [-0.2, 0) is 11.0 Å². The zero-order valence-corrected chi connectivity index (χ0v) is 16.5. The zero-order valence-electron chi connectivity index (χ0n) is 16.5. The van der Waals surface area contributed by atoms with E-state index in [0.29, 0.717) is 25.9 Å². The highest BCUT2D eigenvalue weighted by atomic mass is 19.4. The molecule has 0 bridgehead atoms. The Labute approximate surface area is 172 Å². The summed E-state index contributed by atoms with van der Waals surface area (Å²) in [5.74, 6) is -0.155. The maximum Gasteiger partial charge on any atom is 0.416 e. The molecule has 1 fully saturated rings. The Balaban J connectivity index is 1.40. The molecule has 1 amide bonds. The number of pyridine rings is 1. The molecule has 0 radical (unpaired) electrons. The lowest BCUT2D eigenvalue weighted by Gasteiger charge is -2.33. The molecule has 1 N–H and O–H groups in total. The fourth-order valence-corrected chi connectivity index (χ4v) is 3.96. The third-order valence-corrected chi connectivity index (χ3v) is 5.69. The molecule has 156 valence electrons. The molecule has 1 saturated heterocycles. The summed E-state index contributed by atoms with van der Waals surface area (Å²) in [6.07, 6.45) is -1.30. The highest BCUT2D eigenvalue weighted by Crippen LogP contribution is 2.32. The molecule has 0 spiro atoms. The minimum atomic E-state index is -4.33. The first-order valence-electron chi connectivity index (χ1n) is 9.90. The number of alkyl halides is 3. The van der Waals surface area contributed by atoms with Gasteiger partial charge in [0.1, 0.15) is 0 Å². The van der Waals surface area contributed by atoms with E-state index >= 15 is 0 Å². The quantitative estimate of drug-likeness (QED) is 0.624. The summed E-state index contributed by atoms with van der Waals surface area (Å²) in [6.45, 7) is 3.19. The minimum Gasteiger partial charge on any atom is -0.371 e. The molecule has 3 aromatic rings. The third kappa shape index (κ3) is 4.10. The lowest BCUT2D eigenvalue weighted by Crippen LogP contribution is -2.38. The van der Waals surface area contributed by atoms with Crippen molar-refractivity contribution in [2.45, 2.75) is 25.9 Å². The Morgan fingerprint density at radius 2 is 1.73 bits per heavy atom. The number of aromatic nitrogens is 1. The topological polar surface area (TPSA) is 45.2 Å². The number of carbonyl (C=O) groups is 1. The van der Waals surface area contributed by atoms with Gasteiger partial charge in [0.25, 0.3) is 0 Å². The lowest BCUT2D eigenvalue weighted by atomic mass is 9.95. The molecule has 0 saturated carbocycles. The summed E-state index contributed by atoms with van der Waals surface area (Å²) < 4.78 is 38.2. The maximum absolute atomic E-state index is 12.8. The van der Waals surface area contributed by atoms with Crippen LogP contribution in [0.4, 0.5) is 24.5 Å². The van der Waals surface area contributed by atoms with E-state index in [2.05, 4.69) is 10.3 Å². The van der Waals surface area contributed by atoms with Crippen LogP contribution >= 0.6 is 0 Å². The van der Waals surface area contributed by atoms with Gasteiger partial charge in [0.2, 0.25) is 5.91 Å². The Bertz CT molecular complexity index is 1060. The highest BCUT2D eigenvalue weighted by Gasteiger charge is 2.31. The largest absolute Gasteiger partial charge is 0.416 e. The number of carbonyl (C=O) groups excluding carboxylic acids is 1. The van der Waals surface area contributed by atoms with E-state index in [1.54, 1.807) is 6.20 Å². The number of hydrogen-bond donors (Lipinski definition) is 1. The summed E-state index contributed by atoms with van der Waals surface area (Å²) in [6, 6.07) is 12.9. The summed E-state index contributed by atoms with van der Waals surface area (Å²) in [4.78, 5) is 19.1. The summed E-state index contributed by atoms with van der Waals surface area (Å²) in [5, 5.41) is 5.02. The van der Waals surface area contributed by atoms with Gasteiger partial charge >= 0.3 is 6.18 Å². The summed E-state index contributed by atoms with van der Waals surface area (Å²) >= 11 is 0. The van der Waals surface area contributed by atoms with Gasteiger partial charge in [-0.3, -0.25) is 9.78 Å². The van der Waals surface area contributed by atoms with Crippen LogP contribution in [0.15, 0.2) is 54.7 Å². The average molecular weight is 413 g/mol. The monoisotopic (exact) mass is 413 g/mol. The number of aryl methyl sites for hydroxylation is 1. The first-order valence-corrected chi connectivity index (χ1v) is 9.90. The van der Waals surface area contributed by atoms with Gasteiger partial charge in [-0.2, -0.15) is 13.2 Å². The number of nitrogens with one attached hydrogen (secondary N) is 1. The number of rotatable bonds is 3. The van der Waals surface area contributed by atoms with Crippen molar-refractivity contribution < 1.29 is 18.0 Å². The van der Waals surface area contributed by atoms with Crippen LogP contribution < -0.4 is 10.2 Å². The van der Waals surface area contributed by atoms with E-state index in [1.807, 2.05) is 36.1 Å². The summed E-state index contributed by atoms with van der Waals surface area (Å²) in [7, 11) is 0. The van der Waals surface area contributed by atoms with Gasteiger partial charge < -0.3 is 10.2 Å². The van der Waals surface area contributed by atoms with Gasteiger partial charge in [-0.15, -0.1) is 0 Å². The predicted octanol–water partition coefficient (Wildman–Crippen LogP) is 5.42. The first-order chi connectivity index (χ1) is 14.3. The number of benzene rings is 2. The van der Waals surface area contributed by atoms with Crippen LogP contribution in [0.1, 0.15) is 24.1 Å². The first kappa shape index (κ1) is 20.2. The number of nitrogens with zero attached hydrogens (tertiary/aromatic N) is 2. The van der Waals surface area contributed by atoms with Gasteiger partial charge in [0, 0.05) is 53.0 Å². The van der Waals surface area contributed by atoms with Crippen LogP contribution in [0, 0.1) is 12.8 Å². The van der Waals surface area contributed by atoms with Crippen molar-refractivity contribution in [3.05, 3.63) is 66.0 Å². The van der Waals surface area contributed by atoms with E-state index < -0.39 is 11.7 Å². The second kappa shape index (κ2) is 7.97. The Morgan fingerprint density at radius 1 is 1.03 bits per heavy atom. The van der Waals surface area contributed by atoms with E-state index in [9.17, 15) is 18.0 Å². The zero-order chi connectivity index (χ0) is 21.3. The van der Waals surface area contributed by atoms with Gasteiger partial charge in [0.15, 0.2) is 0 Å². The lowest BCUT2D eigenvalue weighted by molar-refractivity contribution is -0.137. The molecule has 30 heavy (non-hydrogen) atoms. The van der Waals surface area contributed by atoms with Crippen LogP contribution in [-0.4, -0.2) is 24.0 Å². The van der Waals surface area contributed by atoms with Gasteiger partial charge in [0.05, 0.1) is 5.56 Å². The molecular formula is C23H22F3N3O. The van der Waals surface area contributed by atoms with Crippen molar-refractivity contribution in [3.63, 3.8) is 0 Å². The van der Waals surface area contributed by atoms with Crippen molar-refractivity contribution in [1.29, 1.82) is 0 Å². The van der Waals surface area contributed by atoms with Crippen molar-refractivity contribution in [1.82, 2.24) is 4.98 Å². The van der Waals surface area contributed by atoms with E-state index in [0.717, 1.165) is 40.0 Å². The second-order valence-electron chi connectivity index (χ2n) is 7.59. The highest BCUT2D eigenvalue weighted by molar-refractivity contribution is 6.03. The molecule has 2 aromatic carbocycles. The smallest absolute Gasteiger partial charge is 0.371 e. The molecule has 0 atom stereocenters. The fourth-order valence-electron chi connectivity index (χ4n) is 3.96. The van der Waals surface area contributed by atoms with E-state index in [4.69, 9.17) is 0 Å². The molecule has 0 aliphatic carbocycles. The van der Waals surface area contributed by atoms with Crippen molar-refractivity contribution in [2.75, 3.05) is 23.3 Å². The van der Waals surface area contributed by atoms with Crippen LogP contribution in [0.25, 0.3) is 10.8 Å². The van der Waals surface area contributed by atoms with E-state index in [-0.39, 0.29) is 11.8 Å². The number of amides is 1. The van der Waals surface area contributed by atoms with Crippen LogP contribution in [0.5, 0.6) is 0 Å². The molecule has 1 aromatic heterocycles. The Hall–Kier alpha value is -3.09. The molecule has 2 heterocycles. The number of anilines is 2. The standard InChI is InChI=1S/C23H22F3N3O/c1-15-19-3-2-4-21(20(19)9-12-27-15)28-22(30)16-10-13-29(14-11-16)18-7-5-17(6-8-18)23(24,25)26/h2-9,12,16H,10-11,13-14H2,1H3,(H,28,30). The van der Waals surface area contributed by atoms with Crippen molar-refractivity contribution in [2.24, 2.45) is 5.92 Å². The molecular weight excluding hydrogens is 391 g/mol. The average Bonchev–Trinajstić information content (AvgIpc) is 2.74. The van der Waals surface area contributed by atoms with Crippen LogP contribution in [0.3, 0.4) is 0 Å². The maximum atomic E-state index is 12.8. The van der Waals surface area contributed by atoms with Gasteiger partial charge in [-0.25, -0.2) is 0 Å². The van der Waals surface area contributed by atoms with Crippen molar-refractivity contribution in [3.8, 4) is 0 Å². The third-order valence-electron chi connectivity index (χ3n) is 5.69. The van der Waals surface area contributed by atoms with Gasteiger partial charge in [-0.05, 0) is 56.2 Å². The molecule has 4 rings (SSSR count). The van der Waals surface area contributed by atoms with Crippen molar-refractivity contribution >= 4 is 28.1 Å². The molecule has 1 aliphatic rings. The molecule has 1 aliphatic heterocycles. The molecule has 0 unspecified atom stereocenters. The molecule has 4 nitrogen and oxygen atoms in total. The number of halogens is 3. The Kier molecular flexibility index (Phi) is 5.37. The molecule has 7 heteroatoms. The summed E-state index contributed by atoms with van der Waals surface area (Å²) in [5.41, 5.74) is 1.78. The Morgan fingerprint density at radius 3 is 2.40 bits per heavy atom. The fraction of sp³-hybridized carbons (Fsp3) is 0.304. The minimum absolute atomic E-state index is 0.0240. The SMILES string of the molecule is Cc1nccc2c(NC(=O)C3CCN(c4ccc(C(F)(F)F)cc4)CC3)cccc12. The normalized spacial score (nSPS) is 15.4. The number of piperidine rings is 1. The van der Waals surface area contributed by atoms with Gasteiger partial charge in [-0.1, -0.05) is 12.1 Å². The van der Waals surface area contributed by atoms with Crippen LogP contribution in [0.2, 0.25) is 0 Å². The van der Waals surface area contributed by atoms with E-state index in [1.165, 1.54) is 12.1 Å². The number of fused-ring (bicyclic) bond motifs is 1.